The summed E-state index contributed by atoms with van der Waals surface area (Å²) < 4.78 is 1.73. The van der Waals surface area contributed by atoms with Crippen LogP contribution in [0.3, 0.4) is 0 Å². The summed E-state index contributed by atoms with van der Waals surface area (Å²) >= 11 is 0. The van der Waals surface area contributed by atoms with Gasteiger partial charge in [-0.05, 0) is 31.4 Å². The Morgan fingerprint density at radius 1 is 1.22 bits per heavy atom. The highest BCUT2D eigenvalue weighted by Crippen LogP contribution is 2.30. The Balaban J connectivity index is 1.38. The van der Waals surface area contributed by atoms with Crippen LogP contribution in [0.5, 0.6) is 0 Å². The normalized spacial score (nSPS) is 22.1. The first-order chi connectivity index (χ1) is 13.2. The monoisotopic (exact) mass is 368 g/mol. The Morgan fingerprint density at radius 3 is 2.93 bits per heavy atom. The van der Waals surface area contributed by atoms with Crippen LogP contribution in [0, 0.1) is 5.92 Å². The van der Waals surface area contributed by atoms with E-state index in [0.29, 0.717) is 32.6 Å². The molecule has 3 saturated heterocycles. The van der Waals surface area contributed by atoms with E-state index in [1.807, 2.05) is 28.0 Å². The third-order valence-corrected chi connectivity index (χ3v) is 5.45. The van der Waals surface area contributed by atoms with Crippen LogP contribution >= 0.6 is 0 Å². The van der Waals surface area contributed by atoms with Crippen LogP contribution in [0.15, 0.2) is 37.1 Å². The van der Waals surface area contributed by atoms with Crippen LogP contribution in [-0.2, 0) is 22.7 Å². The minimum absolute atomic E-state index is 0.0810. The molecule has 2 bridgehead atoms. The van der Waals surface area contributed by atoms with Gasteiger partial charge in [-0.15, -0.1) is 0 Å². The second kappa shape index (κ2) is 7.85. The lowest BCUT2D eigenvalue weighted by molar-refractivity contribution is -0.140. The number of carbonyl (C=O) groups is 2. The smallest absolute Gasteiger partial charge is 0.228 e. The van der Waals surface area contributed by atoms with Gasteiger partial charge in [0.1, 0.15) is 12.7 Å². The molecule has 0 aromatic carbocycles. The van der Waals surface area contributed by atoms with Gasteiger partial charge in [0.25, 0.3) is 0 Å². The van der Waals surface area contributed by atoms with Crippen molar-refractivity contribution in [3.05, 3.63) is 42.7 Å². The lowest BCUT2D eigenvalue weighted by atomic mass is 9.94. The zero-order valence-electron chi connectivity index (χ0n) is 15.3. The summed E-state index contributed by atoms with van der Waals surface area (Å²) in [7, 11) is 0. The number of aryl methyl sites for hydroxylation is 1. The lowest BCUT2D eigenvalue weighted by Crippen LogP contribution is -2.47. The summed E-state index contributed by atoms with van der Waals surface area (Å²) in [5, 5.41) is 4.06. The summed E-state index contributed by atoms with van der Waals surface area (Å²) in [6, 6.07) is 5.84. The number of rotatable bonds is 6. The third kappa shape index (κ3) is 3.99. The highest BCUT2D eigenvalue weighted by atomic mass is 16.2. The molecule has 0 unspecified atom stereocenters. The molecule has 0 N–H and O–H groups in total. The maximum Gasteiger partial charge on any atom is 0.228 e. The Morgan fingerprint density at radius 2 is 2.15 bits per heavy atom. The second-order valence-corrected chi connectivity index (χ2v) is 7.28. The van der Waals surface area contributed by atoms with Crippen molar-refractivity contribution in [2.24, 2.45) is 5.92 Å². The van der Waals surface area contributed by atoms with Gasteiger partial charge in [-0.3, -0.25) is 19.3 Å². The van der Waals surface area contributed by atoms with E-state index in [-0.39, 0.29) is 23.8 Å². The van der Waals surface area contributed by atoms with E-state index in [1.165, 1.54) is 6.33 Å². The minimum atomic E-state index is -0.0910. The molecule has 0 radical (unpaired) electrons. The Hall–Kier alpha value is -2.77. The van der Waals surface area contributed by atoms with Crippen molar-refractivity contribution in [2.45, 2.75) is 44.8 Å². The fourth-order valence-corrected chi connectivity index (χ4v) is 4.02. The Labute approximate surface area is 158 Å². The van der Waals surface area contributed by atoms with Gasteiger partial charge < -0.3 is 9.80 Å². The van der Waals surface area contributed by atoms with Crippen molar-refractivity contribution in [2.75, 3.05) is 13.1 Å². The molecule has 2 aromatic rings. The van der Waals surface area contributed by atoms with Crippen molar-refractivity contribution in [1.29, 1.82) is 0 Å². The van der Waals surface area contributed by atoms with Gasteiger partial charge >= 0.3 is 0 Å². The van der Waals surface area contributed by atoms with Crippen molar-refractivity contribution in [1.82, 2.24) is 29.5 Å². The largest absolute Gasteiger partial charge is 0.340 e. The maximum atomic E-state index is 12.9. The number of piperidine rings is 1. The van der Waals surface area contributed by atoms with Crippen LogP contribution in [-0.4, -0.2) is 60.5 Å². The molecular formula is C19H24N6O2. The molecule has 142 valence electrons. The minimum Gasteiger partial charge on any atom is -0.340 e. The molecular weight excluding hydrogens is 344 g/mol. The van der Waals surface area contributed by atoms with Gasteiger partial charge in [-0.1, -0.05) is 6.07 Å². The quantitative estimate of drug-likeness (QED) is 0.762. The molecule has 2 atom stereocenters. The van der Waals surface area contributed by atoms with Crippen molar-refractivity contribution < 1.29 is 9.59 Å². The standard InChI is InChI=1S/C19H24N6O2/c26-18(5-3-9-24-14-20-13-22-24)23-10-15-6-7-17(12-23)25(19(15)27)11-16-4-1-2-8-21-16/h1-2,4,8,13-15,17H,3,5-7,9-12H2/t15-,17+/m0/s1. The average Bonchev–Trinajstić information content (AvgIpc) is 3.05. The van der Waals surface area contributed by atoms with Crippen molar-refractivity contribution in [3.63, 3.8) is 0 Å². The van der Waals surface area contributed by atoms with Gasteiger partial charge in [-0.25, -0.2) is 4.98 Å². The second-order valence-electron chi connectivity index (χ2n) is 7.28. The zero-order valence-corrected chi connectivity index (χ0v) is 15.3. The fourth-order valence-electron chi connectivity index (χ4n) is 4.02. The number of hydrogen-bond acceptors (Lipinski definition) is 5. The number of carbonyl (C=O) groups excluding carboxylic acids is 2. The molecule has 8 heteroatoms. The predicted octanol–water partition coefficient (Wildman–Crippen LogP) is 1.10. The highest BCUT2D eigenvalue weighted by Gasteiger charge is 2.41. The van der Waals surface area contributed by atoms with E-state index in [1.54, 1.807) is 17.2 Å². The maximum absolute atomic E-state index is 12.9. The first-order valence-corrected chi connectivity index (χ1v) is 9.51. The average molecular weight is 368 g/mol. The summed E-state index contributed by atoms with van der Waals surface area (Å²) in [6.45, 7) is 2.36. The summed E-state index contributed by atoms with van der Waals surface area (Å²) in [6.07, 6.45) is 7.91. The number of aromatic nitrogens is 4. The van der Waals surface area contributed by atoms with E-state index in [0.717, 1.165) is 25.0 Å². The molecule has 3 aliphatic heterocycles. The van der Waals surface area contributed by atoms with Gasteiger partial charge in [0, 0.05) is 38.3 Å². The topological polar surface area (TPSA) is 84.2 Å². The first kappa shape index (κ1) is 17.6. The summed E-state index contributed by atoms with van der Waals surface area (Å²) in [5.74, 6) is 0.195. The van der Waals surface area contributed by atoms with E-state index in [9.17, 15) is 9.59 Å². The van der Waals surface area contributed by atoms with Crippen LogP contribution in [0.2, 0.25) is 0 Å². The van der Waals surface area contributed by atoms with Gasteiger partial charge in [0.15, 0.2) is 0 Å². The van der Waals surface area contributed by atoms with Crippen LogP contribution < -0.4 is 0 Å². The fraction of sp³-hybridized carbons (Fsp3) is 0.526. The zero-order chi connectivity index (χ0) is 18.6. The molecule has 5 rings (SSSR count). The molecule has 5 heterocycles. The number of nitrogens with zero attached hydrogens (tertiary/aromatic N) is 6. The lowest BCUT2D eigenvalue weighted by Gasteiger charge is -2.35. The predicted molar refractivity (Wildman–Crippen MR) is 97.1 cm³/mol. The molecule has 8 nitrogen and oxygen atoms in total. The molecule has 27 heavy (non-hydrogen) atoms. The number of amides is 2. The van der Waals surface area contributed by atoms with Crippen molar-refractivity contribution in [3.8, 4) is 0 Å². The summed E-state index contributed by atoms with van der Waals surface area (Å²) in [4.78, 5) is 37.7. The Kier molecular flexibility index (Phi) is 5.13. The highest BCUT2D eigenvalue weighted by molar-refractivity contribution is 5.83. The van der Waals surface area contributed by atoms with E-state index in [4.69, 9.17) is 0 Å². The summed E-state index contributed by atoms with van der Waals surface area (Å²) in [5.41, 5.74) is 0.893. The Bertz CT molecular complexity index is 779. The number of pyridine rings is 1. The first-order valence-electron chi connectivity index (χ1n) is 9.51. The SMILES string of the molecule is O=C(CCCn1cncn1)N1C[C@@H]2CC[C@H](C1)N(Cc1ccccn1)C2=O. The van der Waals surface area contributed by atoms with Crippen LogP contribution in [0.25, 0.3) is 0 Å². The number of fused-ring (bicyclic) bond motifs is 4. The molecule has 3 aliphatic rings. The molecule has 0 aliphatic carbocycles. The van der Waals surface area contributed by atoms with Gasteiger partial charge in [0.05, 0.1) is 18.2 Å². The molecule has 3 fully saturated rings. The van der Waals surface area contributed by atoms with Gasteiger partial charge in [0.2, 0.25) is 11.8 Å². The van der Waals surface area contributed by atoms with E-state index in [2.05, 4.69) is 15.1 Å². The molecule has 2 amide bonds. The number of hydrogen-bond donors (Lipinski definition) is 0. The van der Waals surface area contributed by atoms with E-state index < -0.39 is 0 Å². The van der Waals surface area contributed by atoms with Crippen molar-refractivity contribution >= 4 is 11.8 Å². The third-order valence-electron chi connectivity index (χ3n) is 5.45. The van der Waals surface area contributed by atoms with Crippen LogP contribution in [0.1, 0.15) is 31.4 Å². The van der Waals surface area contributed by atoms with E-state index >= 15 is 0 Å². The van der Waals surface area contributed by atoms with Gasteiger partial charge in [-0.2, -0.15) is 5.10 Å². The molecule has 0 saturated carbocycles. The molecule has 2 aromatic heterocycles. The molecule has 0 spiro atoms. The van der Waals surface area contributed by atoms with Crippen LogP contribution in [0.4, 0.5) is 0 Å².